The molecule has 3 heteroatoms. The lowest BCUT2D eigenvalue weighted by molar-refractivity contribution is 0.281. The van der Waals surface area contributed by atoms with Gasteiger partial charge in [0.05, 0.1) is 11.5 Å². The van der Waals surface area contributed by atoms with Crippen molar-refractivity contribution < 1.29 is 0 Å². The van der Waals surface area contributed by atoms with E-state index in [-0.39, 0.29) is 5.41 Å². The Morgan fingerprint density at radius 1 is 1.29 bits per heavy atom. The molecule has 17 heavy (non-hydrogen) atoms. The summed E-state index contributed by atoms with van der Waals surface area (Å²) in [5.41, 5.74) is 0.788. The molecule has 1 fully saturated rings. The molecule has 0 spiro atoms. The average molecular weight is 336 g/mol. The van der Waals surface area contributed by atoms with Crippen molar-refractivity contribution in [3.63, 3.8) is 0 Å². The van der Waals surface area contributed by atoms with Crippen molar-refractivity contribution in [3.05, 3.63) is 39.7 Å². The minimum absolute atomic E-state index is 0.314. The second kappa shape index (κ2) is 4.09. The van der Waals surface area contributed by atoms with E-state index in [9.17, 15) is 5.26 Å². The lowest BCUT2D eigenvalue weighted by Gasteiger charge is -2.35. The zero-order valence-corrected chi connectivity index (χ0v) is 11.6. The van der Waals surface area contributed by atoms with Gasteiger partial charge in [-0.1, -0.05) is 12.2 Å². The first-order chi connectivity index (χ1) is 8.22. The molecular weight excluding hydrogens is 323 g/mol. The van der Waals surface area contributed by atoms with Crippen LogP contribution in [-0.4, -0.2) is 4.98 Å². The summed E-state index contributed by atoms with van der Waals surface area (Å²) in [5.74, 6) is 1.18. The van der Waals surface area contributed by atoms with E-state index >= 15 is 0 Å². The Balaban J connectivity index is 2.02. The van der Waals surface area contributed by atoms with Gasteiger partial charge in [0.15, 0.2) is 0 Å². The highest BCUT2D eigenvalue weighted by Crippen LogP contribution is 2.48. The van der Waals surface area contributed by atoms with Crippen molar-refractivity contribution in [2.45, 2.75) is 24.7 Å². The molecule has 1 saturated carbocycles. The van der Waals surface area contributed by atoms with Crippen molar-refractivity contribution >= 4 is 22.6 Å². The highest BCUT2D eigenvalue weighted by Gasteiger charge is 2.43. The van der Waals surface area contributed by atoms with Crippen LogP contribution in [0.2, 0.25) is 0 Å². The van der Waals surface area contributed by atoms with E-state index in [0.29, 0.717) is 11.8 Å². The zero-order valence-electron chi connectivity index (χ0n) is 9.44. The quantitative estimate of drug-likeness (QED) is 0.582. The van der Waals surface area contributed by atoms with Crippen molar-refractivity contribution in [1.29, 1.82) is 5.26 Å². The van der Waals surface area contributed by atoms with Gasteiger partial charge >= 0.3 is 0 Å². The molecule has 1 heterocycles. The van der Waals surface area contributed by atoms with Crippen LogP contribution < -0.4 is 0 Å². The Kier molecular flexibility index (Phi) is 2.70. The number of halogens is 1. The summed E-state index contributed by atoms with van der Waals surface area (Å²) in [6.07, 6.45) is 11.5. The van der Waals surface area contributed by atoms with Crippen LogP contribution in [0.3, 0.4) is 0 Å². The van der Waals surface area contributed by atoms with Gasteiger partial charge in [-0.15, -0.1) is 0 Å². The van der Waals surface area contributed by atoms with Gasteiger partial charge in [0, 0.05) is 16.0 Å². The van der Waals surface area contributed by atoms with Crippen LogP contribution in [0, 0.1) is 26.7 Å². The molecule has 2 aliphatic rings. The number of fused-ring (bicyclic) bond motifs is 2. The number of nitriles is 1. The number of rotatable bonds is 1. The van der Waals surface area contributed by atoms with Gasteiger partial charge in [-0.2, -0.15) is 5.26 Å². The first-order valence-corrected chi connectivity index (χ1v) is 7.00. The summed E-state index contributed by atoms with van der Waals surface area (Å²) in [4.78, 5) is 4.24. The number of hydrogen-bond donors (Lipinski definition) is 0. The molecule has 1 aromatic rings. The van der Waals surface area contributed by atoms with E-state index in [1.54, 1.807) is 0 Å². The van der Waals surface area contributed by atoms with Crippen LogP contribution in [0.4, 0.5) is 0 Å². The smallest absolute Gasteiger partial charge is 0.0848 e. The van der Waals surface area contributed by atoms with Crippen LogP contribution in [0.1, 0.15) is 24.8 Å². The normalized spacial score (nSPS) is 34.6. The Hall–Kier alpha value is -0.890. The Labute approximate surface area is 115 Å². The molecule has 3 rings (SSSR count). The van der Waals surface area contributed by atoms with Crippen molar-refractivity contribution in [3.8, 4) is 6.07 Å². The third-order valence-electron chi connectivity index (χ3n) is 3.95. The Morgan fingerprint density at radius 3 is 2.59 bits per heavy atom. The standard InChI is InChI=1S/C14H13IN2/c15-13-4-12(7-17-8-13)14(9-16)5-10-1-2-11(3-10)6-14/h1-2,4,7-8,10-11H,3,5-6H2/t10-,11+,14?. The first kappa shape index (κ1) is 11.2. The molecule has 0 saturated heterocycles. The third kappa shape index (κ3) is 1.89. The van der Waals surface area contributed by atoms with Crippen LogP contribution in [0.5, 0.6) is 0 Å². The van der Waals surface area contributed by atoms with E-state index in [1.165, 1.54) is 6.42 Å². The first-order valence-electron chi connectivity index (χ1n) is 5.92. The molecule has 1 unspecified atom stereocenters. The second-order valence-corrected chi connectivity index (χ2v) is 6.38. The topological polar surface area (TPSA) is 36.7 Å². The van der Waals surface area contributed by atoms with Crippen molar-refractivity contribution in [2.75, 3.05) is 0 Å². The summed E-state index contributed by atoms with van der Waals surface area (Å²) < 4.78 is 1.11. The van der Waals surface area contributed by atoms with Crippen LogP contribution in [0.15, 0.2) is 30.6 Å². The molecule has 2 aliphatic carbocycles. The van der Waals surface area contributed by atoms with Gasteiger partial charge in [0.25, 0.3) is 0 Å². The SMILES string of the molecule is N#CC1(c2cncc(I)c2)C[C@@H]2C=C[C@@H](C2)C1. The Morgan fingerprint density at radius 2 is 2.00 bits per heavy atom. The second-order valence-electron chi connectivity index (χ2n) is 5.13. The van der Waals surface area contributed by atoms with Gasteiger partial charge in [-0.25, -0.2) is 0 Å². The van der Waals surface area contributed by atoms with E-state index in [2.05, 4.69) is 51.9 Å². The highest BCUT2D eigenvalue weighted by atomic mass is 127. The minimum atomic E-state index is -0.314. The van der Waals surface area contributed by atoms with E-state index < -0.39 is 0 Å². The van der Waals surface area contributed by atoms with Crippen molar-refractivity contribution in [2.24, 2.45) is 11.8 Å². The zero-order chi connectivity index (χ0) is 11.9. The molecule has 0 aromatic carbocycles. The van der Waals surface area contributed by atoms with Gasteiger partial charge < -0.3 is 0 Å². The summed E-state index contributed by atoms with van der Waals surface area (Å²) in [7, 11) is 0. The highest BCUT2D eigenvalue weighted by molar-refractivity contribution is 14.1. The lowest BCUT2D eigenvalue weighted by Crippen LogP contribution is -2.33. The minimum Gasteiger partial charge on any atom is -0.263 e. The molecule has 86 valence electrons. The summed E-state index contributed by atoms with van der Waals surface area (Å²) in [6.45, 7) is 0. The fourth-order valence-electron chi connectivity index (χ4n) is 3.21. The molecule has 0 N–H and O–H groups in total. The van der Waals surface area contributed by atoms with Gasteiger partial charge in [-0.05, 0) is 65.3 Å². The molecular formula is C14H13IN2. The molecule has 2 nitrogen and oxygen atoms in total. The van der Waals surface area contributed by atoms with E-state index in [4.69, 9.17) is 0 Å². The molecule has 0 amide bonds. The lowest BCUT2D eigenvalue weighted by atomic mass is 9.66. The monoisotopic (exact) mass is 336 g/mol. The van der Waals surface area contributed by atoms with Crippen LogP contribution in [0.25, 0.3) is 0 Å². The fourth-order valence-corrected chi connectivity index (χ4v) is 3.70. The number of allylic oxidation sites excluding steroid dienone is 2. The van der Waals surface area contributed by atoms with Gasteiger partial charge in [0.2, 0.25) is 0 Å². The summed E-state index contributed by atoms with van der Waals surface area (Å²) in [6, 6.07) is 4.69. The van der Waals surface area contributed by atoms with Gasteiger partial charge in [-0.3, -0.25) is 4.98 Å². The largest absolute Gasteiger partial charge is 0.263 e. The van der Waals surface area contributed by atoms with Crippen LogP contribution in [-0.2, 0) is 5.41 Å². The third-order valence-corrected chi connectivity index (χ3v) is 4.54. The number of hydrogen-bond acceptors (Lipinski definition) is 2. The predicted octanol–water partition coefficient (Wildman–Crippen LogP) is 3.43. The molecule has 0 radical (unpaired) electrons. The van der Waals surface area contributed by atoms with E-state index in [0.717, 1.165) is 22.0 Å². The van der Waals surface area contributed by atoms with Crippen molar-refractivity contribution in [1.82, 2.24) is 4.98 Å². The molecule has 2 bridgehead atoms. The van der Waals surface area contributed by atoms with Crippen LogP contribution >= 0.6 is 22.6 Å². The number of pyridine rings is 1. The van der Waals surface area contributed by atoms with E-state index in [1.807, 2.05) is 12.4 Å². The number of nitrogens with zero attached hydrogens (tertiary/aromatic N) is 2. The molecule has 1 aromatic heterocycles. The fraction of sp³-hybridized carbons (Fsp3) is 0.429. The maximum atomic E-state index is 9.64. The molecule has 0 aliphatic heterocycles. The summed E-state index contributed by atoms with van der Waals surface area (Å²) >= 11 is 2.26. The average Bonchev–Trinajstić information content (AvgIpc) is 2.69. The van der Waals surface area contributed by atoms with Gasteiger partial charge in [0.1, 0.15) is 0 Å². The number of aromatic nitrogens is 1. The Bertz CT molecular complexity index is 501. The maximum Gasteiger partial charge on any atom is 0.0848 e. The summed E-state index contributed by atoms with van der Waals surface area (Å²) in [5, 5.41) is 9.64. The predicted molar refractivity (Wildman–Crippen MR) is 74.2 cm³/mol. The maximum absolute atomic E-state index is 9.64. The molecule has 3 atom stereocenters.